The van der Waals surface area contributed by atoms with E-state index in [4.69, 9.17) is 4.74 Å². The van der Waals surface area contributed by atoms with E-state index in [1.165, 1.54) is 6.92 Å². The van der Waals surface area contributed by atoms with Crippen molar-refractivity contribution in [2.24, 2.45) is 5.16 Å². The topological polar surface area (TPSA) is 82.0 Å². The summed E-state index contributed by atoms with van der Waals surface area (Å²) < 4.78 is 5.10. The van der Waals surface area contributed by atoms with Crippen molar-refractivity contribution in [2.45, 2.75) is 49.3 Å². The van der Waals surface area contributed by atoms with Crippen LogP contribution in [-0.2, 0) is 19.2 Å². The molecule has 2 aromatic carbocycles. The maximum absolute atomic E-state index is 12.8. The highest BCUT2D eigenvalue weighted by Gasteiger charge is 2.18. The van der Waals surface area contributed by atoms with Crippen molar-refractivity contribution in [3.63, 3.8) is 0 Å². The third-order valence-corrected chi connectivity index (χ3v) is 4.98. The van der Waals surface area contributed by atoms with Crippen LogP contribution in [0, 0.1) is 0 Å². The molecule has 0 aliphatic carbocycles. The minimum absolute atomic E-state index is 0.00102. The molecule has 2 rings (SSSR count). The van der Waals surface area contributed by atoms with Gasteiger partial charge in [-0.1, -0.05) is 48.5 Å². The third-order valence-electron chi connectivity index (χ3n) is 3.97. The number of nitrogens with zero attached hydrogens (tertiary/aromatic N) is 1. The van der Waals surface area contributed by atoms with E-state index in [2.05, 4.69) is 9.99 Å². The van der Waals surface area contributed by atoms with Crippen molar-refractivity contribution < 1.29 is 24.0 Å². The number of esters is 1. The van der Waals surface area contributed by atoms with E-state index in [-0.39, 0.29) is 18.6 Å². The van der Waals surface area contributed by atoms with Crippen LogP contribution in [0.1, 0.15) is 49.9 Å². The Morgan fingerprint density at radius 1 is 0.933 bits per heavy atom. The molecule has 0 heterocycles. The van der Waals surface area contributed by atoms with Crippen molar-refractivity contribution in [3.8, 4) is 0 Å². The summed E-state index contributed by atoms with van der Waals surface area (Å²) in [6.07, 6.45) is 1.71. The smallest absolute Gasteiger partial charge is 0.331 e. The van der Waals surface area contributed by atoms with Crippen LogP contribution in [0.4, 0.5) is 0 Å². The highest BCUT2D eigenvalue weighted by Crippen LogP contribution is 2.27. The Labute approximate surface area is 180 Å². The summed E-state index contributed by atoms with van der Waals surface area (Å²) in [6.45, 7) is 3.54. The van der Waals surface area contributed by atoms with Crippen molar-refractivity contribution in [2.75, 3.05) is 6.61 Å². The standard InChI is InChI=1S/C23H25NO5S/c1-3-4-16-28-22(26)15-14-21(24-29-17(2)25)23(27)18-10-12-20(13-11-18)30-19-8-6-5-7-9-19/h5-13H,3-4,14-16H2,1-2H3/b24-21+. The summed E-state index contributed by atoms with van der Waals surface area (Å²) in [5.74, 6) is -1.45. The zero-order valence-corrected chi connectivity index (χ0v) is 17.9. The molecule has 158 valence electrons. The molecule has 0 saturated heterocycles. The summed E-state index contributed by atoms with van der Waals surface area (Å²) in [7, 11) is 0. The number of ether oxygens (including phenoxy) is 1. The quantitative estimate of drug-likeness (QED) is 0.124. The van der Waals surface area contributed by atoms with E-state index in [0.717, 1.165) is 22.6 Å². The van der Waals surface area contributed by atoms with E-state index < -0.39 is 17.7 Å². The van der Waals surface area contributed by atoms with Gasteiger partial charge in [0, 0.05) is 28.7 Å². The van der Waals surface area contributed by atoms with E-state index in [1.807, 2.05) is 49.4 Å². The average Bonchev–Trinajstić information content (AvgIpc) is 2.74. The minimum atomic E-state index is -0.638. The Kier molecular flexibility index (Phi) is 9.80. The highest BCUT2D eigenvalue weighted by molar-refractivity contribution is 7.99. The molecule has 6 nitrogen and oxygen atoms in total. The zero-order valence-electron chi connectivity index (χ0n) is 17.1. The molecular weight excluding hydrogens is 402 g/mol. The molecule has 0 radical (unpaired) electrons. The molecule has 30 heavy (non-hydrogen) atoms. The number of carbonyl (C=O) groups excluding carboxylic acids is 3. The van der Waals surface area contributed by atoms with Gasteiger partial charge >= 0.3 is 11.9 Å². The lowest BCUT2D eigenvalue weighted by molar-refractivity contribution is -0.143. The van der Waals surface area contributed by atoms with Gasteiger partial charge in [0.05, 0.1) is 13.0 Å². The van der Waals surface area contributed by atoms with Gasteiger partial charge in [-0.15, -0.1) is 0 Å². The fourth-order valence-corrected chi connectivity index (χ4v) is 3.25. The second-order valence-electron chi connectivity index (χ2n) is 6.46. The molecule has 0 bridgehead atoms. The van der Waals surface area contributed by atoms with Gasteiger partial charge in [-0.3, -0.25) is 9.59 Å². The molecule has 0 unspecified atom stereocenters. The first kappa shape index (κ1) is 23.3. The Morgan fingerprint density at radius 2 is 1.60 bits per heavy atom. The van der Waals surface area contributed by atoms with E-state index in [1.54, 1.807) is 23.9 Å². The molecular formula is C23H25NO5S. The fraction of sp³-hybridized carbons (Fsp3) is 0.304. The minimum Gasteiger partial charge on any atom is -0.466 e. The van der Waals surface area contributed by atoms with Crippen LogP contribution in [0.5, 0.6) is 0 Å². The molecule has 0 aliphatic rings. The predicted molar refractivity (Wildman–Crippen MR) is 116 cm³/mol. The summed E-state index contributed by atoms with van der Waals surface area (Å²) >= 11 is 1.58. The SMILES string of the molecule is CCCCOC(=O)CC/C(=N\OC(C)=O)C(=O)c1ccc(Sc2ccccc2)cc1. The molecule has 0 saturated carbocycles. The van der Waals surface area contributed by atoms with Crippen LogP contribution in [0.3, 0.4) is 0 Å². The second kappa shape index (κ2) is 12.6. The first-order valence-corrected chi connectivity index (χ1v) is 10.6. The number of unbranched alkanes of at least 4 members (excludes halogenated alkanes) is 1. The maximum atomic E-state index is 12.8. The number of oxime groups is 1. The normalized spacial score (nSPS) is 11.1. The van der Waals surface area contributed by atoms with E-state index in [0.29, 0.717) is 12.2 Å². The Morgan fingerprint density at radius 3 is 2.23 bits per heavy atom. The van der Waals surface area contributed by atoms with Gasteiger partial charge in [-0.2, -0.15) is 0 Å². The first-order valence-electron chi connectivity index (χ1n) is 9.77. The summed E-state index contributed by atoms with van der Waals surface area (Å²) in [5, 5.41) is 3.66. The average molecular weight is 428 g/mol. The van der Waals surface area contributed by atoms with Crippen LogP contribution in [0.15, 0.2) is 69.5 Å². The number of hydrogen-bond donors (Lipinski definition) is 0. The third kappa shape index (κ3) is 8.21. The van der Waals surface area contributed by atoms with Crippen LogP contribution >= 0.6 is 11.8 Å². The Hall–Kier alpha value is -2.93. The van der Waals surface area contributed by atoms with E-state index >= 15 is 0 Å². The van der Waals surface area contributed by atoms with Crippen molar-refractivity contribution in [1.29, 1.82) is 0 Å². The summed E-state index contributed by atoms with van der Waals surface area (Å²) in [6, 6.07) is 17.0. The fourth-order valence-electron chi connectivity index (χ4n) is 2.41. The lowest BCUT2D eigenvalue weighted by Crippen LogP contribution is -2.18. The molecule has 0 fully saturated rings. The lowest BCUT2D eigenvalue weighted by atomic mass is 10.0. The van der Waals surface area contributed by atoms with Gasteiger partial charge in [-0.05, 0) is 42.8 Å². The summed E-state index contributed by atoms with van der Waals surface area (Å²) in [4.78, 5) is 42.5. The van der Waals surface area contributed by atoms with Gasteiger partial charge in [0.25, 0.3) is 0 Å². The molecule has 2 aromatic rings. The molecule has 0 spiro atoms. The van der Waals surface area contributed by atoms with Crippen LogP contribution in [-0.4, -0.2) is 30.0 Å². The maximum Gasteiger partial charge on any atom is 0.331 e. The van der Waals surface area contributed by atoms with Gasteiger partial charge in [-0.25, -0.2) is 4.79 Å². The molecule has 7 heteroatoms. The second-order valence-corrected chi connectivity index (χ2v) is 7.61. The first-order chi connectivity index (χ1) is 14.5. The number of ketones is 1. The van der Waals surface area contributed by atoms with Crippen LogP contribution < -0.4 is 0 Å². The molecule has 0 atom stereocenters. The van der Waals surface area contributed by atoms with Gasteiger partial charge < -0.3 is 9.57 Å². The van der Waals surface area contributed by atoms with E-state index in [9.17, 15) is 14.4 Å². The monoisotopic (exact) mass is 427 g/mol. The number of benzene rings is 2. The zero-order chi connectivity index (χ0) is 21.8. The Bertz CT molecular complexity index is 878. The molecule has 0 aliphatic heterocycles. The number of hydrogen-bond acceptors (Lipinski definition) is 7. The van der Waals surface area contributed by atoms with Crippen molar-refractivity contribution in [3.05, 3.63) is 60.2 Å². The van der Waals surface area contributed by atoms with Crippen LogP contribution in [0.25, 0.3) is 0 Å². The predicted octanol–water partition coefficient (Wildman–Crippen LogP) is 5.06. The molecule has 0 aromatic heterocycles. The lowest BCUT2D eigenvalue weighted by Gasteiger charge is -2.07. The van der Waals surface area contributed by atoms with Gasteiger partial charge in [0.15, 0.2) is 0 Å². The highest BCUT2D eigenvalue weighted by atomic mass is 32.2. The molecule has 0 amide bonds. The van der Waals surface area contributed by atoms with Gasteiger partial charge in [0.2, 0.25) is 5.78 Å². The van der Waals surface area contributed by atoms with Gasteiger partial charge in [0.1, 0.15) is 5.71 Å². The summed E-state index contributed by atoms with van der Waals surface area (Å²) in [5.41, 5.74) is 0.402. The van der Waals surface area contributed by atoms with Crippen LogP contribution in [0.2, 0.25) is 0 Å². The Balaban J connectivity index is 2.04. The number of rotatable bonds is 11. The van der Waals surface area contributed by atoms with Crippen molar-refractivity contribution >= 4 is 35.2 Å². The molecule has 0 N–H and O–H groups in total. The van der Waals surface area contributed by atoms with Crippen molar-refractivity contribution in [1.82, 2.24) is 0 Å². The number of carbonyl (C=O) groups is 3. The largest absolute Gasteiger partial charge is 0.466 e. The number of Topliss-reactive ketones (excluding diaryl/α,β-unsaturated/α-hetero) is 1.